The molecule has 0 saturated heterocycles. The van der Waals surface area contributed by atoms with Gasteiger partial charge in [-0.2, -0.15) is 5.10 Å². The summed E-state index contributed by atoms with van der Waals surface area (Å²) >= 11 is 0. The van der Waals surface area contributed by atoms with Gasteiger partial charge in [0.2, 0.25) is 0 Å². The molecule has 16 heavy (non-hydrogen) atoms. The van der Waals surface area contributed by atoms with E-state index in [-0.39, 0.29) is 0 Å². The number of anilines is 1. The SMILES string of the molecule is Cc1ccc(Cn2nc(C)c(C)c2N)cc1. The van der Waals surface area contributed by atoms with Crippen LogP contribution in [0.3, 0.4) is 0 Å². The number of aryl methyl sites for hydroxylation is 2. The van der Waals surface area contributed by atoms with E-state index in [4.69, 9.17) is 5.73 Å². The molecule has 1 aromatic heterocycles. The highest BCUT2D eigenvalue weighted by molar-refractivity contribution is 5.42. The van der Waals surface area contributed by atoms with Crippen molar-refractivity contribution in [1.29, 1.82) is 0 Å². The van der Waals surface area contributed by atoms with E-state index in [1.807, 2.05) is 18.5 Å². The molecule has 0 spiro atoms. The van der Waals surface area contributed by atoms with E-state index in [0.29, 0.717) is 0 Å². The van der Waals surface area contributed by atoms with Gasteiger partial charge in [-0.25, -0.2) is 4.68 Å². The molecular formula is C13H17N3. The first-order valence-corrected chi connectivity index (χ1v) is 5.43. The summed E-state index contributed by atoms with van der Waals surface area (Å²) in [4.78, 5) is 0. The first-order chi connectivity index (χ1) is 7.58. The standard InChI is InChI=1S/C13H17N3/c1-9-4-6-12(7-5-9)8-16-13(14)10(2)11(3)15-16/h4-7H,8,14H2,1-3H3. The Labute approximate surface area is 95.9 Å². The fourth-order valence-corrected chi connectivity index (χ4v) is 1.68. The molecular weight excluding hydrogens is 198 g/mol. The molecule has 0 amide bonds. The lowest BCUT2D eigenvalue weighted by molar-refractivity contribution is 0.689. The molecule has 0 atom stereocenters. The van der Waals surface area contributed by atoms with Gasteiger partial charge in [-0.3, -0.25) is 0 Å². The maximum Gasteiger partial charge on any atom is 0.125 e. The predicted molar refractivity (Wildman–Crippen MR) is 66.4 cm³/mol. The molecule has 3 heteroatoms. The average Bonchev–Trinajstić information content (AvgIpc) is 2.50. The van der Waals surface area contributed by atoms with Crippen LogP contribution in [0.15, 0.2) is 24.3 Å². The van der Waals surface area contributed by atoms with E-state index in [9.17, 15) is 0 Å². The summed E-state index contributed by atoms with van der Waals surface area (Å²) in [6.07, 6.45) is 0. The highest BCUT2D eigenvalue weighted by atomic mass is 15.3. The number of rotatable bonds is 2. The molecule has 0 radical (unpaired) electrons. The Hall–Kier alpha value is -1.77. The second kappa shape index (κ2) is 4.00. The smallest absolute Gasteiger partial charge is 0.125 e. The van der Waals surface area contributed by atoms with Crippen molar-refractivity contribution >= 4 is 5.82 Å². The molecule has 0 aliphatic carbocycles. The van der Waals surface area contributed by atoms with Crippen molar-refractivity contribution in [3.8, 4) is 0 Å². The fourth-order valence-electron chi connectivity index (χ4n) is 1.68. The van der Waals surface area contributed by atoms with Crippen LogP contribution in [0.25, 0.3) is 0 Å². The Kier molecular flexibility index (Phi) is 2.69. The van der Waals surface area contributed by atoms with Gasteiger partial charge in [0.15, 0.2) is 0 Å². The Morgan fingerprint density at radius 2 is 1.75 bits per heavy atom. The molecule has 84 valence electrons. The van der Waals surface area contributed by atoms with Crippen LogP contribution < -0.4 is 5.73 Å². The first kappa shape index (κ1) is 10.7. The zero-order valence-electron chi connectivity index (χ0n) is 9.99. The van der Waals surface area contributed by atoms with Gasteiger partial charge in [0, 0.05) is 5.56 Å². The van der Waals surface area contributed by atoms with Crippen LogP contribution >= 0.6 is 0 Å². The summed E-state index contributed by atoms with van der Waals surface area (Å²) in [5, 5.41) is 4.42. The molecule has 0 bridgehead atoms. The third kappa shape index (κ3) is 1.94. The lowest BCUT2D eigenvalue weighted by Crippen LogP contribution is -2.06. The minimum Gasteiger partial charge on any atom is -0.384 e. The van der Waals surface area contributed by atoms with Gasteiger partial charge in [-0.15, -0.1) is 0 Å². The van der Waals surface area contributed by atoms with Crippen LogP contribution in [0.5, 0.6) is 0 Å². The second-order valence-corrected chi connectivity index (χ2v) is 4.24. The number of aromatic nitrogens is 2. The minimum atomic E-state index is 0.737. The highest BCUT2D eigenvalue weighted by Gasteiger charge is 2.07. The molecule has 0 saturated carbocycles. The number of nitrogen functional groups attached to an aromatic ring is 1. The van der Waals surface area contributed by atoms with E-state index < -0.39 is 0 Å². The van der Waals surface area contributed by atoms with Crippen molar-refractivity contribution in [2.45, 2.75) is 27.3 Å². The van der Waals surface area contributed by atoms with Crippen LogP contribution in [0.2, 0.25) is 0 Å². The van der Waals surface area contributed by atoms with Gasteiger partial charge in [0.05, 0.1) is 12.2 Å². The summed E-state index contributed by atoms with van der Waals surface area (Å²) in [7, 11) is 0. The van der Waals surface area contributed by atoms with Crippen LogP contribution in [-0.4, -0.2) is 9.78 Å². The molecule has 0 fully saturated rings. The molecule has 1 aromatic carbocycles. The third-order valence-corrected chi connectivity index (χ3v) is 2.93. The Morgan fingerprint density at radius 3 is 2.25 bits per heavy atom. The van der Waals surface area contributed by atoms with Crippen LogP contribution in [0, 0.1) is 20.8 Å². The Morgan fingerprint density at radius 1 is 1.12 bits per heavy atom. The largest absolute Gasteiger partial charge is 0.384 e. The number of hydrogen-bond donors (Lipinski definition) is 1. The summed E-state index contributed by atoms with van der Waals surface area (Å²) in [6.45, 7) is 6.81. The van der Waals surface area contributed by atoms with Crippen molar-refractivity contribution in [2.75, 3.05) is 5.73 Å². The maximum absolute atomic E-state index is 5.98. The topological polar surface area (TPSA) is 43.8 Å². The predicted octanol–water partition coefficient (Wildman–Crippen LogP) is 2.44. The quantitative estimate of drug-likeness (QED) is 0.836. The average molecular weight is 215 g/mol. The number of hydrogen-bond acceptors (Lipinski definition) is 2. The van der Waals surface area contributed by atoms with Crippen molar-refractivity contribution < 1.29 is 0 Å². The zero-order valence-corrected chi connectivity index (χ0v) is 9.99. The van der Waals surface area contributed by atoms with Gasteiger partial charge in [0.25, 0.3) is 0 Å². The van der Waals surface area contributed by atoms with E-state index in [1.54, 1.807) is 0 Å². The van der Waals surface area contributed by atoms with E-state index in [0.717, 1.165) is 23.6 Å². The number of nitrogens with zero attached hydrogens (tertiary/aromatic N) is 2. The van der Waals surface area contributed by atoms with Gasteiger partial charge in [-0.05, 0) is 26.3 Å². The Bertz CT molecular complexity index is 495. The molecule has 2 rings (SSSR count). The van der Waals surface area contributed by atoms with Crippen molar-refractivity contribution in [2.24, 2.45) is 0 Å². The molecule has 2 N–H and O–H groups in total. The maximum atomic E-state index is 5.98. The first-order valence-electron chi connectivity index (χ1n) is 5.43. The van der Waals surface area contributed by atoms with E-state index in [1.165, 1.54) is 11.1 Å². The van der Waals surface area contributed by atoms with Gasteiger partial charge >= 0.3 is 0 Å². The summed E-state index contributed by atoms with van der Waals surface area (Å²) < 4.78 is 1.86. The summed E-state index contributed by atoms with van der Waals surface area (Å²) in [6, 6.07) is 8.44. The third-order valence-electron chi connectivity index (χ3n) is 2.93. The lowest BCUT2D eigenvalue weighted by atomic mass is 10.1. The zero-order chi connectivity index (χ0) is 11.7. The summed E-state index contributed by atoms with van der Waals surface area (Å²) in [5.74, 6) is 0.762. The van der Waals surface area contributed by atoms with Crippen LogP contribution in [0.1, 0.15) is 22.4 Å². The molecule has 0 aliphatic heterocycles. The normalized spacial score (nSPS) is 10.7. The fraction of sp³-hybridized carbons (Fsp3) is 0.308. The molecule has 3 nitrogen and oxygen atoms in total. The van der Waals surface area contributed by atoms with Gasteiger partial charge < -0.3 is 5.73 Å². The van der Waals surface area contributed by atoms with Crippen molar-refractivity contribution in [1.82, 2.24) is 9.78 Å². The van der Waals surface area contributed by atoms with Crippen LogP contribution in [0.4, 0.5) is 5.82 Å². The molecule has 0 unspecified atom stereocenters. The van der Waals surface area contributed by atoms with Gasteiger partial charge in [0.1, 0.15) is 5.82 Å². The van der Waals surface area contributed by atoms with Crippen molar-refractivity contribution in [3.63, 3.8) is 0 Å². The van der Waals surface area contributed by atoms with E-state index >= 15 is 0 Å². The number of nitrogens with two attached hydrogens (primary N) is 1. The number of benzene rings is 1. The lowest BCUT2D eigenvalue weighted by Gasteiger charge is -2.05. The monoisotopic (exact) mass is 215 g/mol. The van der Waals surface area contributed by atoms with Gasteiger partial charge in [-0.1, -0.05) is 29.8 Å². The molecule has 1 heterocycles. The molecule has 0 aliphatic rings. The second-order valence-electron chi connectivity index (χ2n) is 4.24. The summed E-state index contributed by atoms with van der Waals surface area (Å²) in [5.41, 5.74) is 10.6. The Balaban J connectivity index is 2.27. The van der Waals surface area contributed by atoms with E-state index in [2.05, 4.69) is 36.3 Å². The molecule has 2 aromatic rings. The van der Waals surface area contributed by atoms with Crippen molar-refractivity contribution in [3.05, 3.63) is 46.6 Å². The highest BCUT2D eigenvalue weighted by Crippen LogP contribution is 2.16. The minimum absolute atomic E-state index is 0.737. The van der Waals surface area contributed by atoms with Crippen LogP contribution in [-0.2, 0) is 6.54 Å².